The van der Waals surface area contributed by atoms with Crippen LogP contribution in [0, 0.1) is 0 Å². The van der Waals surface area contributed by atoms with Crippen LogP contribution >= 0.6 is 11.6 Å². The van der Waals surface area contributed by atoms with Crippen LogP contribution in [0.2, 0.25) is 5.22 Å². The summed E-state index contributed by atoms with van der Waals surface area (Å²) in [5, 5.41) is 10.3. The van der Waals surface area contributed by atoms with Crippen molar-refractivity contribution in [3.05, 3.63) is 35.3 Å². The van der Waals surface area contributed by atoms with Gasteiger partial charge < -0.3 is 14.3 Å². The minimum absolute atomic E-state index is 0.0791. The monoisotopic (exact) mass is 240 g/mol. The van der Waals surface area contributed by atoms with E-state index in [2.05, 4.69) is 15.5 Å². The molecule has 0 radical (unpaired) electrons. The number of aryl methyl sites for hydroxylation is 1. The topological polar surface area (TPSA) is 73.0 Å². The average molecular weight is 241 g/mol. The highest BCUT2D eigenvalue weighted by molar-refractivity contribution is 6.32. The van der Waals surface area contributed by atoms with Crippen molar-refractivity contribution >= 4 is 17.5 Å². The lowest BCUT2D eigenvalue weighted by Gasteiger charge is -2.02. The van der Waals surface area contributed by atoms with Crippen molar-refractivity contribution in [1.29, 1.82) is 0 Å². The molecule has 0 aromatic carbocycles. The van der Waals surface area contributed by atoms with Gasteiger partial charge in [-0.3, -0.25) is 4.79 Å². The number of rotatable bonds is 3. The second-order valence-electron chi connectivity index (χ2n) is 3.15. The van der Waals surface area contributed by atoms with Crippen LogP contribution in [0.3, 0.4) is 0 Å². The lowest BCUT2D eigenvalue weighted by atomic mass is 10.3. The fourth-order valence-corrected chi connectivity index (χ4v) is 1.38. The van der Waals surface area contributed by atoms with Crippen molar-refractivity contribution < 1.29 is 9.21 Å². The minimum atomic E-state index is -0.304. The number of carbonyl (C=O) groups is 1. The van der Waals surface area contributed by atoms with Gasteiger partial charge in [0.15, 0.2) is 5.82 Å². The maximum atomic E-state index is 11.6. The lowest BCUT2D eigenvalue weighted by molar-refractivity contribution is 0.0949. The van der Waals surface area contributed by atoms with Gasteiger partial charge in [-0.25, -0.2) is 0 Å². The number of furan rings is 1. The van der Waals surface area contributed by atoms with Crippen LogP contribution in [-0.4, -0.2) is 20.7 Å². The molecule has 1 amide bonds. The molecule has 84 valence electrons. The number of hydrogen-bond acceptors (Lipinski definition) is 4. The van der Waals surface area contributed by atoms with E-state index in [0.29, 0.717) is 11.4 Å². The molecule has 0 fully saturated rings. The molecule has 0 aliphatic carbocycles. The number of nitrogens with one attached hydrogen (secondary N) is 1. The molecule has 0 unspecified atom stereocenters. The van der Waals surface area contributed by atoms with Gasteiger partial charge in [-0.15, -0.1) is 10.2 Å². The average Bonchev–Trinajstić information content (AvgIpc) is 2.84. The summed E-state index contributed by atoms with van der Waals surface area (Å²) in [6.45, 7) is 0.289. The molecular formula is C9H9ClN4O2. The standard InChI is InChI=1S/C9H9ClN4O2/c1-14-5-12-13-7(14)4-11-9(15)6-2-3-16-8(6)10/h2-3,5H,4H2,1H3,(H,11,15). The molecule has 0 atom stereocenters. The molecule has 2 aromatic heterocycles. The summed E-state index contributed by atoms with van der Waals surface area (Å²) in [7, 11) is 1.80. The quantitative estimate of drug-likeness (QED) is 0.868. The van der Waals surface area contributed by atoms with Gasteiger partial charge in [0.1, 0.15) is 6.33 Å². The van der Waals surface area contributed by atoms with E-state index in [-0.39, 0.29) is 17.7 Å². The Hall–Kier alpha value is -1.82. The molecule has 2 aromatic rings. The molecule has 0 saturated heterocycles. The van der Waals surface area contributed by atoms with Crippen LogP contribution in [-0.2, 0) is 13.6 Å². The van der Waals surface area contributed by atoms with Gasteiger partial charge in [-0.05, 0) is 17.7 Å². The molecule has 0 saturated carbocycles. The second-order valence-corrected chi connectivity index (χ2v) is 3.49. The summed E-state index contributed by atoms with van der Waals surface area (Å²) in [6.07, 6.45) is 2.92. The maximum absolute atomic E-state index is 11.6. The van der Waals surface area contributed by atoms with Crippen LogP contribution in [0.5, 0.6) is 0 Å². The summed E-state index contributed by atoms with van der Waals surface area (Å²) in [5.41, 5.74) is 0.309. The van der Waals surface area contributed by atoms with E-state index in [4.69, 9.17) is 16.0 Å². The molecule has 6 nitrogen and oxygen atoms in total. The SMILES string of the molecule is Cn1cnnc1CNC(=O)c1ccoc1Cl. The second kappa shape index (κ2) is 4.36. The molecule has 0 bridgehead atoms. The molecule has 2 rings (SSSR count). The number of nitrogens with zero attached hydrogens (tertiary/aromatic N) is 3. The van der Waals surface area contributed by atoms with Crippen LogP contribution < -0.4 is 5.32 Å². The van der Waals surface area contributed by atoms with Gasteiger partial charge >= 0.3 is 0 Å². The first kappa shape index (κ1) is 10.7. The van der Waals surface area contributed by atoms with Crippen LogP contribution in [0.25, 0.3) is 0 Å². The Labute approximate surface area is 96.2 Å². The van der Waals surface area contributed by atoms with Crippen molar-refractivity contribution in [3.63, 3.8) is 0 Å². The van der Waals surface area contributed by atoms with Crippen molar-refractivity contribution in [2.24, 2.45) is 7.05 Å². The summed E-state index contributed by atoms with van der Waals surface area (Å²) in [6, 6.07) is 1.51. The largest absolute Gasteiger partial charge is 0.452 e. The van der Waals surface area contributed by atoms with Crippen molar-refractivity contribution in [1.82, 2.24) is 20.1 Å². The van der Waals surface area contributed by atoms with E-state index >= 15 is 0 Å². The third-order valence-electron chi connectivity index (χ3n) is 2.07. The molecule has 0 aliphatic rings. The maximum Gasteiger partial charge on any atom is 0.256 e. The zero-order valence-corrected chi connectivity index (χ0v) is 9.23. The van der Waals surface area contributed by atoms with Crippen LogP contribution in [0.15, 0.2) is 23.1 Å². The lowest BCUT2D eigenvalue weighted by Crippen LogP contribution is -2.24. The highest BCUT2D eigenvalue weighted by atomic mass is 35.5. The van der Waals surface area contributed by atoms with Gasteiger partial charge in [0.25, 0.3) is 5.91 Å². The Morgan fingerprint density at radius 1 is 1.69 bits per heavy atom. The zero-order valence-electron chi connectivity index (χ0n) is 8.48. The Bertz CT molecular complexity index is 505. The Morgan fingerprint density at radius 2 is 2.50 bits per heavy atom. The van der Waals surface area contributed by atoms with E-state index in [0.717, 1.165) is 0 Å². The fourth-order valence-electron chi connectivity index (χ4n) is 1.18. The number of carbonyl (C=O) groups excluding carboxylic acids is 1. The Balaban J connectivity index is 1.99. The van der Waals surface area contributed by atoms with Crippen LogP contribution in [0.4, 0.5) is 0 Å². The van der Waals surface area contributed by atoms with E-state index in [1.54, 1.807) is 17.9 Å². The van der Waals surface area contributed by atoms with Gasteiger partial charge in [-0.1, -0.05) is 0 Å². The number of hydrogen-bond donors (Lipinski definition) is 1. The van der Waals surface area contributed by atoms with Gasteiger partial charge in [0.05, 0.1) is 18.4 Å². The first-order valence-electron chi connectivity index (χ1n) is 4.52. The normalized spacial score (nSPS) is 10.4. The predicted molar refractivity (Wildman–Crippen MR) is 55.9 cm³/mol. The molecule has 16 heavy (non-hydrogen) atoms. The number of aromatic nitrogens is 3. The highest BCUT2D eigenvalue weighted by Crippen LogP contribution is 2.16. The molecule has 2 heterocycles. The molecule has 1 N–H and O–H groups in total. The van der Waals surface area contributed by atoms with Gasteiger partial charge in [-0.2, -0.15) is 0 Å². The Morgan fingerprint density at radius 3 is 3.06 bits per heavy atom. The van der Waals surface area contributed by atoms with Crippen LogP contribution in [0.1, 0.15) is 16.2 Å². The molecule has 0 aliphatic heterocycles. The van der Waals surface area contributed by atoms with E-state index in [1.165, 1.54) is 12.3 Å². The number of amides is 1. The van der Waals surface area contributed by atoms with Crippen molar-refractivity contribution in [2.45, 2.75) is 6.54 Å². The first-order valence-corrected chi connectivity index (χ1v) is 4.90. The van der Waals surface area contributed by atoms with E-state index < -0.39 is 0 Å². The molecular weight excluding hydrogens is 232 g/mol. The highest BCUT2D eigenvalue weighted by Gasteiger charge is 2.13. The van der Waals surface area contributed by atoms with Gasteiger partial charge in [0.2, 0.25) is 5.22 Å². The zero-order chi connectivity index (χ0) is 11.5. The summed E-state index contributed by atoms with van der Waals surface area (Å²) < 4.78 is 6.54. The van der Waals surface area contributed by atoms with E-state index in [1.807, 2.05) is 0 Å². The van der Waals surface area contributed by atoms with Crippen molar-refractivity contribution in [2.75, 3.05) is 0 Å². The number of halogens is 1. The Kier molecular flexibility index (Phi) is 2.91. The molecule has 7 heteroatoms. The summed E-state index contributed by atoms with van der Waals surface area (Å²) in [5.74, 6) is 0.356. The minimum Gasteiger partial charge on any atom is -0.452 e. The summed E-state index contributed by atoms with van der Waals surface area (Å²) >= 11 is 5.67. The van der Waals surface area contributed by atoms with Crippen molar-refractivity contribution in [3.8, 4) is 0 Å². The summed E-state index contributed by atoms with van der Waals surface area (Å²) in [4.78, 5) is 11.6. The van der Waals surface area contributed by atoms with Gasteiger partial charge in [0, 0.05) is 7.05 Å². The van der Waals surface area contributed by atoms with E-state index in [9.17, 15) is 4.79 Å². The smallest absolute Gasteiger partial charge is 0.256 e. The molecule has 0 spiro atoms. The fraction of sp³-hybridized carbons (Fsp3) is 0.222. The first-order chi connectivity index (χ1) is 7.68. The third kappa shape index (κ3) is 2.06. The third-order valence-corrected chi connectivity index (χ3v) is 2.37. The predicted octanol–water partition coefficient (Wildman–Crippen LogP) is 0.991.